The summed E-state index contributed by atoms with van der Waals surface area (Å²) in [6, 6.07) is 14.0. The Balaban J connectivity index is 1.45. The molecule has 2 aromatic carbocycles. The van der Waals surface area contributed by atoms with E-state index in [1.807, 2.05) is 6.92 Å². The summed E-state index contributed by atoms with van der Waals surface area (Å²) in [7, 11) is 1.58. The first kappa shape index (κ1) is 22.3. The van der Waals surface area contributed by atoms with Gasteiger partial charge in [-0.1, -0.05) is 0 Å². The lowest BCUT2D eigenvalue weighted by molar-refractivity contribution is -0.132. The average Bonchev–Trinajstić information content (AvgIpc) is 2.82. The third-order valence-corrected chi connectivity index (χ3v) is 5.31. The van der Waals surface area contributed by atoms with E-state index < -0.39 is 0 Å². The van der Waals surface area contributed by atoms with Crippen molar-refractivity contribution in [3.05, 3.63) is 59.7 Å². The lowest BCUT2D eigenvalue weighted by Crippen LogP contribution is -2.50. The summed E-state index contributed by atoms with van der Waals surface area (Å²) < 4.78 is 10.5. The molecule has 0 radical (unpaired) electrons. The van der Waals surface area contributed by atoms with Gasteiger partial charge in [-0.25, -0.2) is 0 Å². The predicted molar refractivity (Wildman–Crippen MR) is 117 cm³/mol. The Morgan fingerprint density at radius 2 is 1.32 bits per heavy atom. The SMILES string of the molecule is CCOc1ccc(C(=O)CCC(=O)N2CCN(C(=O)c3ccc(OC)cc3)CC2)cc1. The number of methoxy groups -OCH3 is 1. The number of hydrogen-bond acceptors (Lipinski definition) is 5. The van der Waals surface area contributed by atoms with Crippen LogP contribution in [0.25, 0.3) is 0 Å². The summed E-state index contributed by atoms with van der Waals surface area (Å²) in [4.78, 5) is 41.0. The molecule has 0 N–H and O–H groups in total. The second-order valence-corrected chi connectivity index (χ2v) is 7.28. The number of ether oxygens (including phenoxy) is 2. The van der Waals surface area contributed by atoms with Crippen LogP contribution in [0.3, 0.4) is 0 Å². The molecule has 0 spiro atoms. The zero-order valence-corrected chi connectivity index (χ0v) is 18.0. The molecule has 1 heterocycles. The minimum Gasteiger partial charge on any atom is -0.497 e. The number of nitrogens with zero attached hydrogens (tertiary/aromatic N) is 2. The molecule has 1 saturated heterocycles. The van der Waals surface area contributed by atoms with E-state index in [2.05, 4.69) is 0 Å². The molecule has 0 aromatic heterocycles. The van der Waals surface area contributed by atoms with Crippen LogP contribution in [0.5, 0.6) is 11.5 Å². The lowest BCUT2D eigenvalue weighted by Gasteiger charge is -2.35. The topological polar surface area (TPSA) is 76.2 Å². The molecule has 1 aliphatic heterocycles. The molecule has 1 aliphatic rings. The highest BCUT2D eigenvalue weighted by Gasteiger charge is 2.25. The van der Waals surface area contributed by atoms with Crippen molar-refractivity contribution in [1.29, 1.82) is 0 Å². The maximum absolute atomic E-state index is 12.6. The Bertz CT molecular complexity index is 901. The number of piperazine rings is 1. The summed E-state index contributed by atoms with van der Waals surface area (Å²) in [5, 5.41) is 0. The molecule has 0 saturated carbocycles. The largest absolute Gasteiger partial charge is 0.497 e. The third-order valence-electron chi connectivity index (χ3n) is 5.31. The number of ketones is 1. The minimum atomic E-state index is -0.0651. The first-order valence-electron chi connectivity index (χ1n) is 10.5. The summed E-state index contributed by atoms with van der Waals surface area (Å²) in [5.74, 6) is 1.24. The van der Waals surface area contributed by atoms with Crippen molar-refractivity contribution in [3.8, 4) is 11.5 Å². The van der Waals surface area contributed by atoms with Gasteiger partial charge in [-0.15, -0.1) is 0 Å². The maximum Gasteiger partial charge on any atom is 0.253 e. The van der Waals surface area contributed by atoms with Crippen LogP contribution in [-0.2, 0) is 4.79 Å². The van der Waals surface area contributed by atoms with Crippen LogP contribution in [0.4, 0.5) is 0 Å². The van der Waals surface area contributed by atoms with Crippen molar-refractivity contribution < 1.29 is 23.9 Å². The number of benzene rings is 2. The molecule has 3 rings (SSSR count). The number of hydrogen-bond donors (Lipinski definition) is 0. The molecule has 164 valence electrons. The molecule has 7 heteroatoms. The van der Waals surface area contributed by atoms with E-state index >= 15 is 0 Å². The van der Waals surface area contributed by atoms with Crippen LogP contribution in [0.2, 0.25) is 0 Å². The summed E-state index contributed by atoms with van der Waals surface area (Å²) in [6.45, 7) is 4.36. The van der Waals surface area contributed by atoms with Crippen LogP contribution in [0, 0.1) is 0 Å². The van der Waals surface area contributed by atoms with Gasteiger partial charge in [0.05, 0.1) is 13.7 Å². The van der Waals surface area contributed by atoms with E-state index in [-0.39, 0.29) is 30.4 Å². The van der Waals surface area contributed by atoms with Crippen molar-refractivity contribution in [2.45, 2.75) is 19.8 Å². The molecular weight excluding hydrogens is 396 g/mol. The third kappa shape index (κ3) is 5.84. The van der Waals surface area contributed by atoms with Gasteiger partial charge in [-0.2, -0.15) is 0 Å². The van der Waals surface area contributed by atoms with E-state index in [0.717, 1.165) is 5.75 Å². The summed E-state index contributed by atoms with van der Waals surface area (Å²) >= 11 is 0. The minimum absolute atomic E-state index is 0.0552. The van der Waals surface area contributed by atoms with Gasteiger partial charge in [0.1, 0.15) is 11.5 Å². The number of amides is 2. The number of carbonyl (C=O) groups is 3. The second kappa shape index (κ2) is 10.6. The van der Waals surface area contributed by atoms with Gasteiger partial charge in [-0.3, -0.25) is 14.4 Å². The van der Waals surface area contributed by atoms with Crippen LogP contribution >= 0.6 is 0 Å². The van der Waals surface area contributed by atoms with E-state index in [9.17, 15) is 14.4 Å². The van der Waals surface area contributed by atoms with Crippen LogP contribution < -0.4 is 9.47 Å². The Hall–Kier alpha value is -3.35. The first-order chi connectivity index (χ1) is 15.0. The Morgan fingerprint density at radius 3 is 1.90 bits per heavy atom. The number of rotatable bonds is 8. The van der Waals surface area contributed by atoms with E-state index in [0.29, 0.717) is 49.7 Å². The molecule has 0 bridgehead atoms. The summed E-state index contributed by atoms with van der Waals surface area (Å²) in [5.41, 5.74) is 1.17. The van der Waals surface area contributed by atoms with Crippen molar-refractivity contribution in [3.63, 3.8) is 0 Å². The number of carbonyl (C=O) groups excluding carboxylic acids is 3. The van der Waals surface area contributed by atoms with Crippen LogP contribution in [0.15, 0.2) is 48.5 Å². The Kier molecular flexibility index (Phi) is 7.65. The Labute approximate surface area is 182 Å². The quantitative estimate of drug-likeness (QED) is 0.609. The highest BCUT2D eigenvalue weighted by Crippen LogP contribution is 2.16. The van der Waals surface area contributed by atoms with Gasteiger partial charge in [0, 0.05) is 50.1 Å². The van der Waals surface area contributed by atoms with Crippen molar-refractivity contribution >= 4 is 17.6 Å². The van der Waals surface area contributed by atoms with E-state index in [1.54, 1.807) is 65.4 Å². The van der Waals surface area contributed by atoms with Crippen LogP contribution in [-0.4, -0.2) is 67.3 Å². The Morgan fingerprint density at radius 1 is 0.774 bits per heavy atom. The smallest absolute Gasteiger partial charge is 0.253 e. The summed E-state index contributed by atoms with van der Waals surface area (Å²) in [6.07, 6.45) is 0.330. The second-order valence-electron chi connectivity index (χ2n) is 7.28. The molecule has 0 aliphatic carbocycles. The molecule has 2 amide bonds. The van der Waals surface area contributed by atoms with Crippen LogP contribution in [0.1, 0.15) is 40.5 Å². The van der Waals surface area contributed by atoms with Gasteiger partial charge >= 0.3 is 0 Å². The fourth-order valence-electron chi connectivity index (χ4n) is 3.50. The molecular formula is C24H28N2O5. The van der Waals surface area contributed by atoms with Crippen molar-refractivity contribution in [1.82, 2.24) is 9.80 Å². The molecule has 31 heavy (non-hydrogen) atoms. The van der Waals surface area contributed by atoms with Gasteiger partial charge in [0.25, 0.3) is 5.91 Å². The lowest BCUT2D eigenvalue weighted by atomic mass is 10.1. The molecule has 2 aromatic rings. The zero-order valence-electron chi connectivity index (χ0n) is 18.0. The van der Waals surface area contributed by atoms with E-state index in [4.69, 9.17) is 9.47 Å². The zero-order chi connectivity index (χ0) is 22.2. The molecule has 1 fully saturated rings. The molecule has 7 nitrogen and oxygen atoms in total. The number of Topliss-reactive ketones (excluding diaryl/α,β-unsaturated/α-hetero) is 1. The van der Waals surface area contributed by atoms with E-state index in [1.165, 1.54) is 0 Å². The molecule has 0 atom stereocenters. The first-order valence-corrected chi connectivity index (χ1v) is 10.5. The predicted octanol–water partition coefficient (Wildman–Crippen LogP) is 3.04. The van der Waals surface area contributed by atoms with Crippen molar-refractivity contribution in [2.75, 3.05) is 39.9 Å². The maximum atomic E-state index is 12.6. The average molecular weight is 424 g/mol. The van der Waals surface area contributed by atoms with Gasteiger partial charge in [-0.05, 0) is 55.5 Å². The highest BCUT2D eigenvalue weighted by atomic mass is 16.5. The fraction of sp³-hybridized carbons (Fsp3) is 0.375. The fourth-order valence-corrected chi connectivity index (χ4v) is 3.50. The van der Waals surface area contributed by atoms with Gasteiger partial charge in [0.15, 0.2) is 5.78 Å². The monoisotopic (exact) mass is 424 g/mol. The highest BCUT2D eigenvalue weighted by molar-refractivity contribution is 5.98. The van der Waals surface area contributed by atoms with Crippen molar-refractivity contribution in [2.24, 2.45) is 0 Å². The molecule has 0 unspecified atom stereocenters. The normalized spacial score (nSPS) is 13.6. The standard InChI is InChI=1S/C24H28N2O5/c1-3-31-21-10-4-18(5-11-21)22(27)12-13-23(28)25-14-16-26(17-15-25)24(29)19-6-8-20(30-2)9-7-19/h4-11H,3,12-17H2,1-2H3. The van der Waals surface area contributed by atoms with Gasteiger partial charge < -0.3 is 19.3 Å². The van der Waals surface area contributed by atoms with Gasteiger partial charge in [0.2, 0.25) is 5.91 Å².